The number of nitrogens with one attached hydrogen (secondary N) is 4. The van der Waals surface area contributed by atoms with Crippen LogP contribution in [0.4, 0.5) is 0 Å². The maximum atomic E-state index is 12.5. The van der Waals surface area contributed by atoms with Crippen LogP contribution in [0.5, 0.6) is 0 Å². The van der Waals surface area contributed by atoms with Crippen LogP contribution in [0.3, 0.4) is 0 Å². The number of thiol groups is 1. The first-order valence-electron chi connectivity index (χ1n) is 15.4. The Labute approximate surface area is 264 Å². The maximum absolute atomic E-state index is 12.5. The van der Waals surface area contributed by atoms with Crippen molar-refractivity contribution in [2.24, 2.45) is 11.8 Å². The minimum Gasteiger partial charge on any atom is -0.495 e. The third kappa shape index (κ3) is 6.87. The van der Waals surface area contributed by atoms with Gasteiger partial charge in [0.15, 0.2) is 5.88 Å². The van der Waals surface area contributed by atoms with E-state index in [1.54, 1.807) is 0 Å². The highest BCUT2D eigenvalue weighted by molar-refractivity contribution is 7.84. The molecule has 4 aliphatic heterocycles. The fourth-order valence-corrected chi connectivity index (χ4v) is 7.49. The first-order valence-corrected chi connectivity index (χ1v) is 15.9. The van der Waals surface area contributed by atoms with Gasteiger partial charge in [-0.05, 0) is 97.3 Å². The summed E-state index contributed by atoms with van der Waals surface area (Å²) in [6.07, 6.45) is 4.48. The molecule has 1 saturated heterocycles. The highest BCUT2D eigenvalue weighted by Crippen LogP contribution is 2.39. The zero-order chi connectivity index (χ0) is 32.5. The smallest absolute Gasteiger partial charge is 0.303 e. The Hall–Kier alpha value is -3.60. The van der Waals surface area contributed by atoms with Crippen LogP contribution in [0.15, 0.2) is 68.3 Å². The van der Waals surface area contributed by atoms with Crippen molar-refractivity contribution in [3.63, 3.8) is 0 Å². The SMILES string of the molecule is C=C1C(CCC(=O)O)=C(/C=C2\NC(C[C@H]3NC(O)=C(CC)C3C)C(C)=C2CCC(=O)O)NC1C[C@@H]1NC(=O)C(C)/C1=C(/C)S. The van der Waals surface area contributed by atoms with E-state index in [0.29, 0.717) is 19.3 Å². The number of carboxylic acid groups (broad SMARTS) is 2. The second kappa shape index (κ2) is 13.6. The molecule has 0 aliphatic carbocycles. The molecule has 44 heavy (non-hydrogen) atoms. The summed E-state index contributed by atoms with van der Waals surface area (Å²) in [4.78, 5) is 36.4. The Morgan fingerprint density at radius 3 is 2.16 bits per heavy atom. The van der Waals surface area contributed by atoms with E-state index < -0.39 is 11.9 Å². The van der Waals surface area contributed by atoms with Crippen LogP contribution in [0, 0.1) is 11.8 Å². The maximum Gasteiger partial charge on any atom is 0.303 e. The van der Waals surface area contributed by atoms with Crippen LogP contribution >= 0.6 is 12.6 Å². The van der Waals surface area contributed by atoms with E-state index in [2.05, 4.69) is 47.4 Å². The van der Waals surface area contributed by atoms with E-state index in [4.69, 9.17) is 0 Å². The number of aliphatic hydroxyl groups is 1. The summed E-state index contributed by atoms with van der Waals surface area (Å²) < 4.78 is 0. The van der Waals surface area contributed by atoms with E-state index in [-0.39, 0.29) is 67.1 Å². The average Bonchev–Trinajstić information content (AvgIpc) is 3.59. The lowest BCUT2D eigenvalue weighted by Crippen LogP contribution is -2.36. The van der Waals surface area contributed by atoms with Gasteiger partial charge in [-0.2, -0.15) is 0 Å². The molecule has 4 rings (SSSR count). The van der Waals surface area contributed by atoms with E-state index in [1.807, 2.05) is 33.8 Å². The quantitative estimate of drug-likeness (QED) is 0.145. The molecule has 0 saturated carbocycles. The van der Waals surface area contributed by atoms with Crippen molar-refractivity contribution < 1.29 is 29.7 Å². The molecule has 0 bridgehead atoms. The number of amides is 1. The molecule has 11 heteroatoms. The molecule has 0 aromatic carbocycles. The molecule has 10 nitrogen and oxygen atoms in total. The second-order valence-electron chi connectivity index (χ2n) is 12.4. The van der Waals surface area contributed by atoms with Gasteiger partial charge >= 0.3 is 11.9 Å². The van der Waals surface area contributed by atoms with Gasteiger partial charge in [-0.25, -0.2) is 0 Å². The standard InChI is InChI=1S/C33H46N4O6S/c1-7-20-15(2)25(36-33(20)43)12-23-16(3)21(8-10-29(38)39)26(34-23)14-27-22(9-11-30(40)41)17(4)24(35-27)13-28-31(19(6)44)18(5)32(42)37-28/h14-15,18,23-25,28,34-36,43-44H,4,7-13H2,1-3,5-6H3,(H,37,42)(H,38,39)(H,40,41)/b26-14-,31-19+/t15?,18?,23?,24?,25-,28+/m1/s1. The normalized spacial score (nSPS) is 30.6. The molecule has 0 aromatic rings. The molecule has 1 amide bonds. The lowest BCUT2D eigenvalue weighted by molar-refractivity contribution is -0.137. The third-order valence-electron chi connectivity index (χ3n) is 9.67. The summed E-state index contributed by atoms with van der Waals surface area (Å²) in [6.45, 7) is 14.2. The molecule has 0 aromatic heterocycles. The molecule has 1 fully saturated rings. The van der Waals surface area contributed by atoms with Crippen LogP contribution in [0.25, 0.3) is 0 Å². The molecule has 4 heterocycles. The van der Waals surface area contributed by atoms with Gasteiger partial charge in [-0.1, -0.05) is 20.4 Å². The van der Waals surface area contributed by atoms with Gasteiger partial charge in [0.25, 0.3) is 0 Å². The second-order valence-corrected chi connectivity index (χ2v) is 13.1. The van der Waals surface area contributed by atoms with Crippen molar-refractivity contribution in [3.8, 4) is 0 Å². The first kappa shape index (κ1) is 33.3. The minimum absolute atomic E-state index is 0.0236. The van der Waals surface area contributed by atoms with Gasteiger partial charge in [0, 0.05) is 42.2 Å². The van der Waals surface area contributed by atoms with Crippen LogP contribution in [-0.2, 0) is 14.4 Å². The highest BCUT2D eigenvalue weighted by atomic mass is 32.1. The molecule has 0 spiro atoms. The molecular weight excluding hydrogens is 580 g/mol. The number of hydrogen-bond acceptors (Lipinski definition) is 8. The van der Waals surface area contributed by atoms with Crippen LogP contribution in [0.2, 0.25) is 0 Å². The van der Waals surface area contributed by atoms with Crippen molar-refractivity contribution in [1.82, 2.24) is 21.3 Å². The lowest BCUT2D eigenvalue weighted by Gasteiger charge is -2.23. The van der Waals surface area contributed by atoms with Crippen molar-refractivity contribution in [3.05, 3.63) is 68.3 Å². The molecule has 240 valence electrons. The van der Waals surface area contributed by atoms with E-state index in [9.17, 15) is 29.7 Å². The molecule has 6 atom stereocenters. The Morgan fingerprint density at radius 2 is 1.59 bits per heavy atom. The number of rotatable bonds is 12. The number of allylic oxidation sites excluding steroid dienone is 3. The molecule has 4 aliphatic rings. The van der Waals surface area contributed by atoms with E-state index >= 15 is 0 Å². The fourth-order valence-electron chi connectivity index (χ4n) is 7.14. The zero-order valence-corrected chi connectivity index (χ0v) is 27.1. The number of carbonyl (C=O) groups is 3. The predicted octanol–water partition coefficient (Wildman–Crippen LogP) is 4.58. The third-order valence-corrected chi connectivity index (χ3v) is 9.93. The topological polar surface area (TPSA) is 160 Å². The largest absolute Gasteiger partial charge is 0.495 e. The monoisotopic (exact) mass is 626 g/mol. The predicted molar refractivity (Wildman–Crippen MR) is 173 cm³/mol. The van der Waals surface area contributed by atoms with Crippen LogP contribution in [-0.4, -0.2) is 57.3 Å². The highest BCUT2D eigenvalue weighted by Gasteiger charge is 2.39. The number of carboxylic acids is 2. The Kier molecular flexibility index (Phi) is 10.3. The molecular formula is C33H46N4O6S. The minimum atomic E-state index is -0.910. The summed E-state index contributed by atoms with van der Waals surface area (Å²) >= 11 is 4.55. The summed E-state index contributed by atoms with van der Waals surface area (Å²) in [7, 11) is 0. The summed E-state index contributed by atoms with van der Waals surface area (Å²) in [5, 5.41) is 42.8. The number of carbonyl (C=O) groups excluding carboxylic acids is 1. The Bertz CT molecular complexity index is 1400. The van der Waals surface area contributed by atoms with Crippen molar-refractivity contribution in [2.45, 2.75) is 104 Å². The van der Waals surface area contributed by atoms with Gasteiger partial charge in [0.05, 0.1) is 18.0 Å². The van der Waals surface area contributed by atoms with E-state index in [0.717, 1.165) is 56.2 Å². The summed E-state index contributed by atoms with van der Waals surface area (Å²) in [5.74, 6) is -1.71. The molecule has 0 radical (unpaired) electrons. The Morgan fingerprint density at radius 1 is 0.955 bits per heavy atom. The fraction of sp³-hybridized carbons (Fsp3) is 0.545. The van der Waals surface area contributed by atoms with E-state index in [1.165, 1.54) is 0 Å². The number of hydrogen-bond donors (Lipinski definition) is 8. The lowest BCUT2D eigenvalue weighted by atomic mass is 9.89. The van der Waals surface area contributed by atoms with Crippen molar-refractivity contribution in [2.75, 3.05) is 0 Å². The molecule has 4 unspecified atom stereocenters. The van der Waals surface area contributed by atoms with Crippen LogP contribution in [0.1, 0.15) is 79.6 Å². The number of aliphatic carboxylic acids is 2. The zero-order valence-electron chi connectivity index (χ0n) is 26.2. The van der Waals surface area contributed by atoms with Gasteiger partial charge < -0.3 is 36.6 Å². The van der Waals surface area contributed by atoms with Crippen molar-refractivity contribution >= 4 is 30.5 Å². The Balaban J connectivity index is 1.63. The van der Waals surface area contributed by atoms with Gasteiger partial charge in [-0.15, -0.1) is 12.6 Å². The molecule has 7 N–H and O–H groups in total. The van der Waals surface area contributed by atoms with Crippen molar-refractivity contribution in [1.29, 1.82) is 0 Å². The summed E-state index contributed by atoms with van der Waals surface area (Å²) in [6, 6.07) is -0.506. The van der Waals surface area contributed by atoms with Gasteiger partial charge in [-0.3, -0.25) is 14.4 Å². The first-order chi connectivity index (χ1) is 20.7. The van der Waals surface area contributed by atoms with Gasteiger partial charge in [0.1, 0.15) is 0 Å². The van der Waals surface area contributed by atoms with Crippen LogP contribution < -0.4 is 21.3 Å². The average molecular weight is 627 g/mol. The number of aliphatic hydroxyl groups excluding tert-OH is 1. The van der Waals surface area contributed by atoms with Gasteiger partial charge in [0.2, 0.25) is 5.91 Å². The summed E-state index contributed by atoms with van der Waals surface area (Å²) in [5.41, 5.74) is 7.06.